The second kappa shape index (κ2) is 6.53. The largest absolute Gasteiger partial charge is 0.375 e. The predicted octanol–water partition coefficient (Wildman–Crippen LogP) is 3.55. The molecule has 2 rings (SSSR count). The van der Waals surface area contributed by atoms with Gasteiger partial charge in [-0.3, -0.25) is 0 Å². The van der Waals surface area contributed by atoms with Gasteiger partial charge in [0.05, 0.1) is 5.60 Å². The van der Waals surface area contributed by atoms with Gasteiger partial charge >= 0.3 is 0 Å². The summed E-state index contributed by atoms with van der Waals surface area (Å²) in [4.78, 5) is 0. The first kappa shape index (κ1) is 14.5. The molecule has 1 N–H and O–H groups in total. The first-order valence-electron chi connectivity index (χ1n) is 7.53. The Morgan fingerprint density at radius 1 is 1.32 bits per heavy atom. The van der Waals surface area contributed by atoms with Crippen molar-refractivity contribution in [2.45, 2.75) is 64.1 Å². The molecule has 1 fully saturated rings. The van der Waals surface area contributed by atoms with Gasteiger partial charge in [0.1, 0.15) is 0 Å². The van der Waals surface area contributed by atoms with Crippen LogP contribution in [0, 0.1) is 0 Å². The van der Waals surface area contributed by atoms with Gasteiger partial charge in [-0.1, -0.05) is 37.3 Å². The van der Waals surface area contributed by atoms with Gasteiger partial charge < -0.3 is 10.1 Å². The molecule has 1 aliphatic heterocycles. The number of hydrogen-bond donors (Lipinski definition) is 1. The molecule has 1 saturated heterocycles. The summed E-state index contributed by atoms with van der Waals surface area (Å²) in [5.74, 6) is 0. The topological polar surface area (TPSA) is 21.3 Å². The number of ether oxygens (including phenoxy) is 1. The van der Waals surface area contributed by atoms with Crippen molar-refractivity contribution < 1.29 is 4.74 Å². The fourth-order valence-corrected chi connectivity index (χ4v) is 2.93. The van der Waals surface area contributed by atoms with Gasteiger partial charge in [0, 0.05) is 18.7 Å². The molecule has 2 heteroatoms. The Hall–Kier alpha value is -0.860. The average molecular weight is 261 g/mol. The van der Waals surface area contributed by atoms with Crippen molar-refractivity contribution in [1.82, 2.24) is 5.32 Å². The van der Waals surface area contributed by atoms with Gasteiger partial charge in [0.25, 0.3) is 0 Å². The van der Waals surface area contributed by atoms with Crippen LogP contribution in [0.25, 0.3) is 0 Å². The zero-order valence-corrected chi connectivity index (χ0v) is 12.5. The monoisotopic (exact) mass is 261 g/mol. The lowest BCUT2D eigenvalue weighted by molar-refractivity contribution is -0.0641. The molecule has 1 aliphatic rings. The SMILES string of the molecule is CCC(Cc1ccccc1)NC1CCOC(C)(C)C1. The van der Waals surface area contributed by atoms with Crippen molar-refractivity contribution >= 4 is 0 Å². The smallest absolute Gasteiger partial charge is 0.0641 e. The average Bonchev–Trinajstić information content (AvgIpc) is 2.38. The van der Waals surface area contributed by atoms with Crippen molar-refractivity contribution in [3.05, 3.63) is 35.9 Å². The third kappa shape index (κ3) is 4.63. The summed E-state index contributed by atoms with van der Waals surface area (Å²) in [5.41, 5.74) is 1.45. The van der Waals surface area contributed by atoms with Gasteiger partial charge in [-0.15, -0.1) is 0 Å². The Kier molecular flexibility index (Phi) is 5.00. The van der Waals surface area contributed by atoms with Crippen LogP contribution >= 0.6 is 0 Å². The third-order valence-corrected chi connectivity index (χ3v) is 3.99. The van der Waals surface area contributed by atoms with E-state index in [1.807, 2.05) is 0 Å². The van der Waals surface area contributed by atoms with E-state index < -0.39 is 0 Å². The van der Waals surface area contributed by atoms with Crippen LogP contribution in [0.4, 0.5) is 0 Å². The van der Waals surface area contributed by atoms with Crippen LogP contribution in [-0.4, -0.2) is 24.3 Å². The molecule has 0 aliphatic carbocycles. The normalized spacial score (nSPS) is 24.1. The molecule has 0 saturated carbocycles. The second-order valence-corrected chi connectivity index (χ2v) is 6.26. The van der Waals surface area contributed by atoms with Crippen molar-refractivity contribution in [2.24, 2.45) is 0 Å². The van der Waals surface area contributed by atoms with Crippen LogP contribution in [0.15, 0.2) is 30.3 Å². The highest BCUT2D eigenvalue weighted by atomic mass is 16.5. The van der Waals surface area contributed by atoms with Crippen molar-refractivity contribution in [3.63, 3.8) is 0 Å². The van der Waals surface area contributed by atoms with E-state index in [1.54, 1.807) is 0 Å². The van der Waals surface area contributed by atoms with Gasteiger partial charge in [-0.25, -0.2) is 0 Å². The minimum Gasteiger partial charge on any atom is -0.375 e. The number of nitrogens with one attached hydrogen (secondary N) is 1. The predicted molar refractivity (Wildman–Crippen MR) is 80.4 cm³/mol. The van der Waals surface area contributed by atoms with E-state index in [9.17, 15) is 0 Å². The van der Waals surface area contributed by atoms with E-state index in [0.29, 0.717) is 12.1 Å². The summed E-state index contributed by atoms with van der Waals surface area (Å²) in [6.45, 7) is 7.54. The molecular weight excluding hydrogens is 234 g/mol. The Morgan fingerprint density at radius 2 is 2.05 bits per heavy atom. The zero-order chi connectivity index (χ0) is 13.7. The molecule has 0 radical (unpaired) electrons. The number of benzene rings is 1. The molecule has 106 valence electrons. The standard InChI is InChI=1S/C17H27NO/c1-4-15(12-14-8-6-5-7-9-14)18-16-10-11-19-17(2,3)13-16/h5-9,15-16,18H,4,10-13H2,1-3H3. The Labute approximate surface area is 117 Å². The van der Waals surface area contributed by atoms with E-state index in [1.165, 1.54) is 12.0 Å². The summed E-state index contributed by atoms with van der Waals surface area (Å²) < 4.78 is 5.79. The van der Waals surface area contributed by atoms with Crippen LogP contribution in [0.1, 0.15) is 45.6 Å². The maximum Gasteiger partial charge on any atom is 0.0641 e. The highest BCUT2D eigenvalue weighted by Gasteiger charge is 2.29. The van der Waals surface area contributed by atoms with Crippen LogP contribution in [0.5, 0.6) is 0 Å². The molecule has 0 aromatic heterocycles. The first-order valence-corrected chi connectivity index (χ1v) is 7.53. The molecular formula is C17H27NO. The van der Waals surface area contributed by atoms with Crippen molar-refractivity contribution in [1.29, 1.82) is 0 Å². The van der Waals surface area contributed by atoms with Crippen LogP contribution in [0.2, 0.25) is 0 Å². The van der Waals surface area contributed by atoms with E-state index in [4.69, 9.17) is 4.74 Å². The van der Waals surface area contributed by atoms with Gasteiger partial charge in [0.2, 0.25) is 0 Å². The molecule has 2 nitrogen and oxygen atoms in total. The molecule has 1 aromatic rings. The summed E-state index contributed by atoms with van der Waals surface area (Å²) >= 11 is 0. The number of rotatable bonds is 5. The maximum atomic E-state index is 5.79. The second-order valence-electron chi connectivity index (χ2n) is 6.26. The fourth-order valence-electron chi connectivity index (χ4n) is 2.93. The van der Waals surface area contributed by atoms with Gasteiger partial charge in [-0.2, -0.15) is 0 Å². The third-order valence-electron chi connectivity index (χ3n) is 3.99. The Bertz CT molecular complexity index is 374. The Balaban J connectivity index is 1.88. The molecule has 19 heavy (non-hydrogen) atoms. The molecule has 0 bridgehead atoms. The molecule has 0 amide bonds. The lowest BCUT2D eigenvalue weighted by Gasteiger charge is -2.37. The van der Waals surface area contributed by atoms with E-state index in [-0.39, 0.29) is 5.60 Å². The van der Waals surface area contributed by atoms with Crippen LogP contribution in [0.3, 0.4) is 0 Å². The van der Waals surface area contributed by atoms with E-state index >= 15 is 0 Å². The van der Waals surface area contributed by atoms with Crippen molar-refractivity contribution in [3.8, 4) is 0 Å². The lowest BCUT2D eigenvalue weighted by Crippen LogP contribution is -2.47. The summed E-state index contributed by atoms with van der Waals surface area (Å²) in [5, 5.41) is 3.83. The highest BCUT2D eigenvalue weighted by molar-refractivity contribution is 5.15. The summed E-state index contributed by atoms with van der Waals surface area (Å²) in [6, 6.07) is 11.9. The molecule has 1 heterocycles. The highest BCUT2D eigenvalue weighted by Crippen LogP contribution is 2.24. The first-order chi connectivity index (χ1) is 9.09. The van der Waals surface area contributed by atoms with Crippen molar-refractivity contribution in [2.75, 3.05) is 6.61 Å². The van der Waals surface area contributed by atoms with E-state index in [0.717, 1.165) is 25.9 Å². The van der Waals surface area contributed by atoms with E-state index in [2.05, 4.69) is 56.4 Å². The summed E-state index contributed by atoms with van der Waals surface area (Å²) in [6.07, 6.45) is 4.54. The van der Waals surface area contributed by atoms with Crippen LogP contribution in [-0.2, 0) is 11.2 Å². The quantitative estimate of drug-likeness (QED) is 0.875. The molecule has 2 atom stereocenters. The Morgan fingerprint density at radius 3 is 2.68 bits per heavy atom. The molecule has 0 spiro atoms. The minimum atomic E-state index is 0.0287. The number of hydrogen-bond acceptors (Lipinski definition) is 2. The molecule has 1 aromatic carbocycles. The summed E-state index contributed by atoms with van der Waals surface area (Å²) in [7, 11) is 0. The lowest BCUT2D eigenvalue weighted by atomic mass is 9.92. The maximum absolute atomic E-state index is 5.79. The van der Waals surface area contributed by atoms with Gasteiger partial charge in [0.15, 0.2) is 0 Å². The minimum absolute atomic E-state index is 0.0287. The van der Waals surface area contributed by atoms with Crippen LogP contribution < -0.4 is 5.32 Å². The fraction of sp³-hybridized carbons (Fsp3) is 0.647. The zero-order valence-electron chi connectivity index (χ0n) is 12.5. The molecule has 2 unspecified atom stereocenters. The van der Waals surface area contributed by atoms with Gasteiger partial charge in [-0.05, 0) is 45.1 Å².